The minimum absolute atomic E-state index is 0.110. The van der Waals surface area contributed by atoms with E-state index in [9.17, 15) is 4.79 Å². The van der Waals surface area contributed by atoms with Crippen LogP contribution in [0.25, 0.3) is 0 Å². The quantitative estimate of drug-likeness (QED) is 0.479. The Morgan fingerprint density at radius 2 is 1.69 bits per heavy atom. The first kappa shape index (κ1) is 24.7. The Bertz CT molecular complexity index is 1070. The molecule has 3 aliphatic heterocycles. The highest BCUT2D eigenvalue weighted by Gasteiger charge is 2.42. The standard InChI is InChI=1S/C28H36Cl2N4O/c1-19-12-25(30)27(26(13-19)33-10-3-4-11-33)28(35)34-17-21-15-32(16-22(21)18-34)9-5-8-31-23-7-6-20(2)24(29)14-23/h6-7,12-14,21-22,31H,3-5,8-11,15-18H2,1-2H3. The Kier molecular flexibility index (Phi) is 7.47. The molecule has 2 unspecified atom stereocenters. The van der Waals surface area contributed by atoms with E-state index < -0.39 is 0 Å². The molecule has 3 saturated heterocycles. The van der Waals surface area contributed by atoms with Crippen molar-refractivity contribution < 1.29 is 4.79 Å². The molecule has 1 amide bonds. The van der Waals surface area contributed by atoms with E-state index in [2.05, 4.69) is 45.1 Å². The molecule has 2 aromatic rings. The lowest BCUT2D eigenvalue weighted by atomic mass is 10.0. The van der Waals surface area contributed by atoms with Gasteiger partial charge in [0.05, 0.1) is 16.3 Å². The summed E-state index contributed by atoms with van der Waals surface area (Å²) in [6.07, 6.45) is 3.44. The van der Waals surface area contributed by atoms with Crippen molar-refractivity contribution in [3.05, 3.63) is 57.1 Å². The van der Waals surface area contributed by atoms with E-state index in [1.165, 1.54) is 12.8 Å². The molecule has 0 saturated carbocycles. The second kappa shape index (κ2) is 10.6. The number of carbonyl (C=O) groups is 1. The summed E-state index contributed by atoms with van der Waals surface area (Å²) in [6.45, 7) is 11.9. The SMILES string of the molecule is Cc1cc(Cl)c(C(=O)N2CC3CN(CCCNc4ccc(C)c(Cl)c4)CC3C2)c(N2CCCC2)c1. The number of rotatable bonds is 7. The Morgan fingerprint density at radius 3 is 2.37 bits per heavy atom. The van der Waals surface area contributed by atoms with Crippen LogP contribution in [0.15, 0.2) is 30.3 Å². The Labute approximate surface area is 219 Å². The van der Waals surface area contributed by atoms with Crippen molar-refractivity contribution >= 4 is 40.5 Å². The normalized spacial score (nSPS) is 22.2. The summed E-state index contributed by atoms with van der Waals surface area (Å²) in [5.41, 5.74) is 5.03. The highest BCUT2D eigenvalue weighted by Crippen LogP contribution is 2.36. The molecule has 2 aromatic carbocycles. The van der Waals surface area contributed by atoms with Crippen LogP contribution in [-0.4, -0.2) is 68.1 Å². The highest BCUT2D eigenvalue weighted by molar-refractivity contribution is 6.34. The second-order valence-electron chi connectivity index (χ2n) is 10.6. The van der Waals surface area contributed by atoms with Crippen molar-refractivity contribution in [1.29, 1.82) is 0 Å². The van der Waals surface area contributed by atoms with Gasteiger partial charge in [-0.25, -0.2) is 0 Å². The number of amides is 1. The number of nitrogens with one attached hydrogen (secondary N) is 1. The molecule has 3 aliphatic rings. The third kappa shape index (κ3) is 5.42. The molecular weight excluding hydrogens is 479 g/mol. The topological polar surface area (TPSA) is 38.8 Å². The average molecular weight is 516 g/mol. The lowest BCUT2D eigenvalue weighted by Gasteiger charge is -2.26. The minimum Gasteiger partial charge on any atom is -0.385 e. The number of benzene rings is 2. The first-order chi connectivity index (χ1) is 16.9. The summed E-state index contributed by atoms with van der Waals surface area (Å²) < 4.78 is 0. The van der Waals surface area contributed by atoms with Gasteiger partial charge in [-0.05, 0) is 86.9 Å². The van der Waals surface area contributed by atoms with Gasteiger partial charge < -0.3 is 20.0 Å². The predicted molar refractivity (Wildman–Crippen MR) is 146 cm³/mol. The molecule has 0 aliphatic carbocycles. The van der Waals surface area contributed by atoms with Gasteiger partial charge in [-0.1, -0.05) is 29.3 Å². The number of fused-ring (bicyclic) bond motifs is 1. The van der Waals surface area contributed by atoms with Crippen LogP contribution in [0.1, 0.15) is 40.7 Å². The Balaban J connectivity index is 1.14. The number of hydrogen-bond donors (Lipinski definition) is 1. The Hall–Kier alpha value is -1.95. The number of anilines is 2. The van der Waals surface area contributed by atoms with Gasteiger partial charge >= 0.3 is 0 Å². The van der Waals surface area contributed by atoms with Crippen molar-refractivity contribution in [2.24, 2.45) is 11.8 Å². The third-order valence-corrected chi connectivity index (χ3v) is 8.58. The molecule has 3 heterocycles. The van der Waals surface area contributed by atoms with Gasteiger partial charge in [0.15, 0.2) is 0 Å². The molecule has 0 radical (unpaired) electrons. The molecule has 0 aromatic heterocycles. The van der Waals surface area contributed by atoms with Crippen LogP contribution in [-0.2, 0) is 0 Å². The zero-order valence-corrected chi connectivity index (χ0v) is 22.3. The van der Waals surface area contributed by atoms with Gasteiger partial charge in [-0.15, -0.1) is 0 Å². The van der Waals surface area contributed by atoms with E-state index in [4.69, 9.17) is 23.2 Å². The van der Waals surface area contributed by atoms with Crippen molar-refractivity contribution in [2.45, 2.75) is 33.1 Å². The average Bonchev–Trinajstić information content (AvgIpc) is 3.55. The fourth-order valence-corrected chi connectivity index (χ4v) is 6.51. The summed E-state index contributed by atoms with van der Waals surface area (Å²) in [4.78, 5) is 20.6. The first-order valence-corrected chi connectivity index (χ1v) is 13.7. The van der Waals surface area contributed by atoms with Gasteiger partial charge in [-0.2, -0.15) is 0 Å². The lowest BCUT2D eigenvalue weighted by molar-refractivity contribution is 0.0775. The van der Waals surface area contributed by atoms with Crippen LogP contribution < -0.4 is 10.2 Å². The van der Waals surface area contributed by atoms with Gasteiger partial charge in [0.2, 0.25) is 0 Å². The maximum Gasteiger partial charge on any atom is 0.257 e. The molecule has 5 rings (SSSR count). The summed E-state index contributed by atoms with van der Waals surface area (Å²) in [7, 11) is 0. The molecular formula is C28H36Cl2N4O. The van der Waals surface area contributed by atoms with Crippen molar-refractivity contribution in [3.8, 4) is 0 Å². The van der Waals surface area contributed by atoms with Crippen molar-refractivity contribution in [2.75, 3.05) is 62.6 Å². The molecule has 0 spiro atoms. The van der Waals surface area contributed by atoms with Gasteiger partial charge in [0.25, 0.3) is 5.91 Å². The number of nitrogens with zero attached hydrogens (tertiary/aromatic N) is 3. The maximum absolute atomic E-state index is 13.6. The van der Waals surface area contributed by atoms with Crippen molar-refractivity contribution in [1.82, 2.24) is 9.80 Å². The van der Waals surface area contributed by atoms with Gasteiger partial charge in [0.1, 0.15) is 0 Å². The zero-order chi connectivity index (χ0) is 24.5. The monoisotopic (exact) mass is 514 g/mol. The number of halogens is 2. The van der Waals surface area contributed by atoms with Crippen LogP contribution in [0, 0.1) is 25.7 Å². The summed E-state index contributed by atoms with van der Waals surface area (Å²) in [5, 5.41) is 4.89. The van der Waals surface area contributed by atoms with E-state index in [1.54, 1.807) is 0 Å². The molecule has 188 valence electrons. The number of hydrogen-bond acceptors (Lipinski definition) is 4. The number of carbonyl (C=O) groups excluding carboxylic acids is 1. The minimum atomic E-state index is 0.110. The molecule has 2 atom stereocenters. The lowest BCUT2D eigenvalue weighted by Crippen LogP contribution is -2.35. The summed E-state index contributed by atoms with van der Waals surface area (Å²) in [6, 6.07) is 10.2. The molecule has 0 bridgehead atoms. The van der Waals surface area contributed by atoms with E-state index >= 15 is 0 Å². The van der Waals surface area contributed by atoms with Crippen LogP contribution in [0.2, 0.25) is 10.0 Å². The van der Waals surface area contributed by atoms with Gasteiger partial charge in [0, 0.05) is 56.5 Å². The third-order valence-electron chi connectivity index (χ3n) is 7.88. The van der Waals surface area contributed by atoms with Crippen LogP contribution in [0.4, 0.5) is 11.4 Å². The summed E-state index contributed by atoms with van der Waals surface area (Å²) >= 11 is 12.9. The summed E-state index contributed by atoms with van der Waals surface area (Å²) in [5.74, 6) is 1.23. The molecule has 7 heteroatoms. The zero-order valence-electron chi connectivity index (χ0n) is 20.8. The molecule has 5 nitrogen and oxygen atoms in total. The molecule has 1 N–H and O–H groups in total. The number of aryl methyl sites for hydroxylation is 2. The smallest absolute Gasteiger partial charge is 0.257 e. The van der Waals surface area contributed by atoms with Crippen LogP contribution >= 0.6 is 23.2 Å². The number of likely N-dealkylation sites (tertiary alicyclic amines) is 2. The Morgan fingerprint density at radius 1 is 0.971 bits per heavy atom. The van der Waals surface area contributed by atoms with Crippen molar-refractivity contribution in [3.63, 3.8) is 0 Å². The van der Waals surface area contributed by atoms with Crippen LogP contribution in [0.5, 0.6) is 0 Å². The fraction of sp³-hybridized carbons (Fsp3) is 0.536. The largest absolute Gasteiger partial charge is 0.385 e. The second-order valence-corrected chi connectivity index (χ2v) is 11.4. The van der Waals surface area contributed by atoms with E-state index in [0.29, 0.717) is 22.4 Å². The predicted octanol–water partition coefficient (Wildman–Crippen LogP) is 5.72. The highest BCUT2D eigenvalue weighted by atomic mass is 35.5. The van der Waals surface area contributed by atoms with E-state index in [1.807, 2.05) is 19.1 Å². The molecule has 35 heavy (non-hydrogen) atoms. The van der Waals surface area contributed by atoms with E-state index in [-0.39, 0.29) is 5.91 Å². The first-order valence-electron chi connectivity index (χ1n) is 13.0. The maximum atomic E-state index is 13.6. The van der Waals surface area contributed by atoms with E-state index in [0.717, 1.165) is 86.3 Å². The fourth-order valence-electron chi connectivity index (χ4n) is 5.98. The molecule has 3 fully saturated rings. The van der Waals surface area contributed by atoms with Crippen LogP contribution in [0.3, 0.4) is 0 Å². The van der Waals surface area contributed by atoms with Gasteiger partial charge in [-0.3, -0.25) is 4.79 Å².